The molecule has 9 nitrogen and oxygen atoms in total. The van der Waals surface area contributed by atoms with Crippen LogP contribution in [0.15, 0.2) is 36.7 Å². The topological polar surface area (TPSA) is 107 Å². The maximum absolute atomic E-state index is 12.7. The van der Waals surface area contributed by atoms with Crippen LogP contribution in [0, 0.1) is 0 Å². The first kappa shape index (κ1) is 32.2. The van der Waals surface area contributed by atoms with Crippen molar-refractivity contribution >= 4 is 23.0 Å². The Labute approximate surface area is 256 Å². The number of alkyl halides is 3. The minimum absolute atomic E-state index is 0.148. The lowest BCUT2D eigenvalue weighted by Gasteiger charge is -2.34. The summed E-state index contributed by atoms with van der Waals surface area (Å²) in [5, 5.41) is 22.4. The fourth-order valence-electron chi connectivity index (χ4n) is 6.28. The molecular formula is C32H43F3N6O3. The van der Waals surface area contributed by atoms with Gasteiger partial charge in [-0.2, -0.15) is 18.2 Å². The van der Waals surface area contributed by atoms with Crippen molar-refractivity contribution in [3.63, 3.8) is 0 Å². The molecule has 2 aliphatic rings. The van der Waals surface area contributed by atoms with E-state index in [1.165, 1.54) is 5.56 Å². The van der Waals surface area contributed by atoms with Crippen LogP contribution in [-0.4, -0.2) is 92.1 Å². The van der Waals surface area contributed by atoms with Gasteiger partial charge >= 0.3 is 12.1 Å². The van der Waals surface area contributed by atoms with E-state index in [0.717, 1.165) is 87.9 Å². The number of hydrogen-bond donors (Lipinski definition) is 3. The normalized spacial score (nSPS) is 20.3. The van der Waals surface area contributed by atoms with E-state index in [-0.39, 0.29) is 31.1 Å². The highest BCUT2D eigenvalue weighted by Gasteiger charge is 2.27. The molecule has 1 aliphatic heterocycles. The number of aliphatic hydroxyl groups excluding tert-OH is 1. The summed E-state index contributed by atoms with van der Waals surface area (Å²) in [7, 11) is 0. The number of carbonyl (C=O) groups is 1. The predicted octanol–water partition coefficient (Wildman–Crippen LogP) is 5.70. The SMILES string of the molecule is O=C(O)CCCCCN1CCN(Cc2ccc(-c3cn([C@H]4CC[C@H](O)CC4)c4nc(NCCC(F)(F)F)ncc34)cc2)CC1. The summed E-state index contributed by atoms with van der Waals surface area (Å²) in [5.41, 5.74) is 3.93. The Bertz CT molecular complexity index is 1360. The second kappa shape index (κ2) is 14.7. The van der Waals surface area contributed by atoms with Crippen LogP contribution in [0.2, 0.25) is 0 Å². The number of aromatic nitrogens is 3. The fraction of sp³-hybridized carbons (Fsp3) is 0.594. The van der Waals surface area contributed by atoms with Crippen LogP contribution >= 0.6 is 0 Å². The minimum atomic E-state index is -4.25. The number of piperazine rings is 1. The van der Waals surface area contributed by atoms with Crippen LogP contribution in [0.5, 0.6) is 0 Å². The second-order valence-electron chi connectivity index (χ2n) is 12.2. The van der Waals surface area contributed by atoms with Gasteiger partial charge in [0.05, 0.1) is 12.5 Å². The summed E-state index contributed by atoms with van der Waals surface area (Å²) in [5.74, 6) is -0.543. The van der Waals surface area contributed by atoms with E-state index in [0.29, 0.717) is 18.5 Å². The predicted molar refractivity (Wildman–Crippen MR) is 163 cm³/mol. The molecule has 1 aromatic carbocycles. The number of aliphatic carboxylic acids is 1. The molecule has 0 radical (unpaired) electrons. The molecule has 1 saturated heterocycles. The largest absolute Gasteiger partial charge is 0.481 e. The molecule has 2 fully saturated rings. The van der Waals surface area contributed by atoms with Gasteiger partial charge in [0.25, 0.3) is 0 Å². The summed E-state index contributed by atoms with van der Waals surface area (Å²) in [4.78, 5) is 24.6. The number of carboxylic acid groups (broad SMARTS) is 1. The number of hydrogen-bond acceptors (Lipinski definition) is 7. The molecule has 0 unspecified atom stereocenters. The molecule has 12 heteroatoms. The van der Waals surface area contributed by atoms with Gasteiger partial charge in [-0.15, -0.1) is 0 Å². The number of rotatable bonds is 13. The Hall–Kier alpha value is -3.22. The van der Waals surface area contributed by atoms with Crippen molar-refractivity contribution in [2.75, 3.05) is 44.6 Å². The molecule has 3 N–H and O–H groups in total. The van der Waals surface area contributed by atoms with Crippen molar-refractivity contribution in [1.29, 1.82) is 0 Å². The van der Waals surface area contributed by atoms with Gasteiger partial charge in [-0.1, -0.05) is 30.7 Å². The van der Waals surface area contributed by atoms with E-state index in [9.17, 15) is 23.1 Å². The lowest BCUT2D eigenvalue weighted by molar-refractivity contribution is -0.137. The van der Waals surface area contributed by atoms with Crippen molar-refractivity contribution < 1.29 is 28.2 Å². The highest BCUT2D eigenvalue weighted by atomic mass is 19.4. The van der Waals surface area contributed by atoms with Crippen LogP contribution < -0.4 is 5.32 Å². The quantitative estimate of drug-likeness (QED) is 0.210. The summed E-state index contributed by atoms with van der Waals surface area (Å²) in [6.45, 7) is 5.63. The zero-order valence-corrected chi connectivity index (χ0v) is 25.1. The van der Waals surface area contributed by atoms with Crippen LogP contribution in [-0.2, 0) is 11.3 Å². The Morgan fingerprint density at radius 1 is 0.977 bits per heavy atom. The number of fused-ring (bicyclic) bond motifs is 1. The number of benzene rings is 1. The van der Waals surface area contributed by atoms with Gasteiger partial charge in [-0.25, -0.2) is 4.98 Å². The molecule has 1 saturated carbocycles. The molecule has 0 spiro atoms. The van der Waals surface area contributed by atoms with Crippen molar-refractivity contribution in [1.82, 2.24) is 24.3 Å². The smallest absolute Gasteiger partial charge is 0.390 e. The second-order valence-corrected chi connectivity index (χ2v) is 12.2. The molecule has 3 aromatic rings. The first-order valence-electron chi connectivity index (χ1n) is 15.8. The first-order valence-corrected chi connectivity index (χ1v) is 15.8. The number of nitrogens with one attached hydrogen (secondary N) is 1. The number of unbranched alkanes of at least 4 members (excludes halogenated alkanes) is 2. The Kier molecular flexibility index (Phi) is 10.8. The molecule has 2 aromatic heterocycles. The number of aliphatic hydroxyl groups is 1. The molecular weight excluding hydrogens is 573 g/mol. The standard InChI is InChI=1S/C32H43F3N6O3/c33-32(34,35)13-14-36-31-37-20-27-28(22-41(30(27)38-31)25-9-11-26(42)12-10-25)24-7-5-23(6-8-24)21-40-18-16-39(17-19-40)15-3-1-2-4-29(43)44/h5-8,20,22,25-26,42H,1-4,9-19,21H2,(H,43,44)(H,36,37,38)/t25-,26-. The van der Waals surface area contributed by atoms with Crippen molar-refractivity contribution in [3.05, 3.63) is 42.2 Å². The summed E-state index contributed by atoms with van der Waals surface area (Å²) in [6.07, 6.45) is 4.28. The van der Waals surface area contributed by atoms with E-state index in [1.54, 1.807) is 6.20 Å². The van der Waals surface area contributed by atoms with Gasteiger partial charge in [-0.3, -0.25) is 9.69 Å². The first-order chi connectivity index (χ1) is 21.1. The average Bonchev–Trinajstić information content (AvgIpc) is 3.37. The van der Waals surface area contributed by atoms with Crippen molar-refractivity contribution in [2.45, 2.75) is 82.7 Å². The lowest BCUT2D eigenvalue weighted by Crippen LogP contribution is -2.46. The Balaban J connectivity index is 1.23. The van der Waals surface area contributed by atoms with Crippen LogP contribution in [0.4, 0.5) is 19.1 Å². The van der Waals surface area contributed by atoms with E-state index in [4.69, 9.17) is 5.11 Å². The van der Waals surface area contributed by atoms with Crippen LogP contribution in [0.3, 0.4) is 0 Å². The van der Waals surface area contributed by atoms with Gasteiger partial charge in [0.1, 0.15) is 5.65 Å². The van der Waals surface area contributed by atoms with Crippen molar-refractivity contribution in [3.8, 4) is 11.1 Å². The fourth-order valence-corrected chi connectivity index (χ4v) is 6.28. The average molecular weight is 617 g/mol. The molecule has 240 valence electrons. The maximum Gasteiger partial charge on any atom is 0.390 e. The summed E-state index contributed by atoms with van der Waals surface area (Å²) >= 11 is 0. The number of nitrogens with zero attached hydrogens (tertiary/aromatic N) is 5. The lowest BCUT2D eigenvalue weighted by atomic mass is 9.93. The van der Waals surface area contributed by atoms with E-state index < -0.39 is 18.6 Å². The number of anilines is 1. The highest BCUT2D eigenvalue weighted by Crippen LogP contribution is 2.37. The molecule has 44 heavy (non-hydrogen) atoms. The van der Waals surface area contributed by atoms with Crippen molar-refractivity contribution in [2.24, 2.45) is 0 Å². The summed E-state index contributed by atoms with van der Waals surface area (Å²) < 4.78 is 40.1. The highest BCUT2D eigenvalue weighted by molar-refractivity contribution is 5.94. The molecule has 3 heterocycles. The Morgan fingerprint density at radius 2 is 1.68 bits per heavy atom. The van der Waals surface area contributed by atoms with Gasteiger partial charge in [0, 0.05) is 75.1 Å². The van der Waals surface area contributed by atoms with E-state index in [1.807, 2.05) is 0 Å². The monoisotopic (exact) mass is 616 g/mol. The van der Waals surface area contributed by atoms with Gasteiger partial charge < -0.3 is 25.0 Å². The third-order valence-electron chi connectivity index (χ3n) is 8.82. The molecule has 5 rings (SSSR count). The zero-order valence-electron chi connectivity index (χ0n) is 25.1. The number of carboxylic acids is 1. The van der Waals surface area contributed by atoms with Gasteiger partial charge in [0.15, 0.2) is 0 Å². The molecule has 1 aliphatic carbocycles. The van der Waals surface area contributed by atoms with Gasteiger partial charge in [-0.05, 0) is 56.2 Å². The molecule has 0 amide bonds. The number of halogens is 3. The van der Waals surface area contributed by atoms with E-state index in [2.05, 4.69) is 60.1 Å². The molecule has 0 atom stereocenters. The van der Waals surface area contributed by atoms with Crippen LogP contribution in [0.25, 0.3) is 22.2 Å². The maximum atomic E-state index is 12.7. The third kappa shape index (κ3) is 8.92. The minimum Gasteiger partial charge on any atom is -0.481 e. The molecule has 0 bridgehead atoms. The van der Waals surface area contributed by atoms with E-state index >= 15 is 0 Å². The third-order valence-corrected chi connectivity index (χ3v) is 8.82. The van der Waals surface area contributed by atoms with Crippen LogP contribution in [0.1, 0.15) is 69.4 Å². The van der Waals surface area contributed by atoms with Gasteiger partial charge in [0.2, 0.25) is 5.95 Å². The summed E-state index contributed by atoms with van der Waals surface area (Å²) in [6, 6.07) is 8.68. The zero-order chi connectivity index (χ0) is 31.1. The Morgan fingerprint density at radius 3 is 2.36 bits per heavy atom.